The fourth-order valence-corrected chi connectivity index (χ4v) is 2.08. The lowest BCUT2D eigenvalue weighted by molar-refractivity contribution is 0.930. The van der Waals surface area contributed by atoms with E-state index >= 15 is 0 Å². The Morgan fingerprint density at radius 1 is 1.24 bits per heavy atom. The fourth-order valence-electron chi connectivity index (χ4n) is 2.08. The lowest BCUT2D eigenvalue weighted by Gasteiger charge is -2.06. The van der Waals surface area contributed by atoms with Crippen molar-refractivity contribution in [2.75, 3.05) is 6.54 Å². The predicted octanol–water partition coefficient (Wildman–Crippen LogP) is 2.50. The normalized spacial score (nSPS) is 10.8. The largest absolute Gasteiger partial charge is 0.346 e. The summed E-state index contributed by atoms with van der Waals surface area (Å²) >= 11 is 0. The Labute approximate surface area is 102 Å². The molecule has 0 radical (unpaired) electrons. The Kier molecular flexibility index (Phi) is 3.29. The maximum Gasteiger partial charge on any atom is 0.103 e. The summed E-state index contributed by atoms with van der Waals surface area (Å²) in [5.41, 5.74) is 11.5. The van der Waals surface area contributed by atoms with Crippen molar-refractivity contribution in [2.24, 2.45) is 5.73 Å². The molecule has 0 spiro atoms. The van der Waals surface area contributed by atoms with Crippen molar-refractivity contribution in [1.82, 2.24) is 9.97 Å². The SMILES string of the molecule is Cc1ccc(C)c(-c2nc(C)[nH]c2CCN)c1. The first-order valence-corrected chi connectivity index (χ1v) is 5.95. The Morgan fingerprint density at radius 3 is 2.71 bits per heavy atom. The van der Waals surface area contributed by atoms with Crippen LogP contribution in [0.15, 0.2) is 18.2 Å². The van der Waals surface area contributed by atoms with Gasteiger partial charge in [0.25, 0.3) is 0 Å². The van der Waals surface area contributed by atoms with Gasteiger partial charge in [0.2, 0.25) is 0 Å². The van der Waals surface area contributed by atoms with E-state index in [1.165, 1.54) is 16.7 Å². The molecule has 3 heteroatoms. The summed E-state index contributed by atoms with van der Waals surface area (Å²) in [5.74, 6) is 0.948. The number of aromatic amines is 1. The van der Waals surface area contributed by atoms with Gasteiger partial charge in [0.05, 0.1) is 5.69 Å². The number of nitrogens with one attached hydrogen (secondary N) is 1. The molecule has 0 atom stereocenters. The molecule has 0 aliphatic rings. The number of nitrogens with zero attached hydrogens (tertiary/aromatic N) is 1. The maximum atomic E-state index is 5.64. The minimum atomic E-state index is 0.638. The smallest absolute Gasteiger partial charge is 0.103 e. The molecule has 3 N–H and O–H groups in total. The summed E-state index contributed by atoms with van der Waals surface area (Å²) in [7, 11) is 0. The highest BCUT2D eigenvalue weighted by Crippen LogP contribution is 2.26. The number of rotatable bonds is 3. The van der Waals surface area contributed by atoms with E-state index in [1.54, 1.807) is 0 Å². The molecule has 3 nitrogen and oxygen atoms in total. The second-order valence-electron chi connectivity index (χ2n) is 4.51. The van der Waals surface area contributed by atoms with Gasteiger partial charge in [0.1, 0.15) is 5.82 Å². The van der Waals surface area contributed by atoms with Crippen LogP contribution in [0.3, 0.4) is 0 Å². The number of nitrogens with two attached hydrogens (primary N) is 1. The minimum Gasteiger partial charge on any atom is -0.346 e. The molecule has 90 valence electrons. The lowest BCUT2D eigenvalue weighted by Crippen LogP contribution is -2.04. The van der Waals surface area contributed by atoms with Gasteiger partial charge in [-0.2, -0.15) is 0 Å². The Bertz CT molecular complexity index is 526. The van der Waals surface area contributed by atoms with Gasteiger partial charge in [-0.1, -0.05) is 17.7 Å². The number of aryl methyl sites for hydroxylation is 3. The summed E-state index contributed by atoms with van der Waals surface area (Å²) in [6, 6.07) is 6.45. The van der Waals surface area contributed by atoms with E-state index in [-0.39, 0.29) is 0 Å². The lowest BCUT2D eigenvalue weighted by atomic mass is 10.0. The van der Waals surface area contributed by atoms with Gasteiger partial charge >= 0.3 is 0 Å². The summed E-state index contributed by atoms with van der Waals surface area (Å²) in [5, 5.41) is 0. The molecule has 0 fully saturated rings. The standard InChI is InChI=1S/C14H19N3/c1-9-4-5-10(2)12(8-9)14-13(6-7-15)16-11(3)17-14/h4-5,8H,6-7,15H2,1-3H3,(H,16,17). The highest BCUT2D eigenvalue weighted by molar-refractivity contribution is 5.67. The average molecular weight is 229 g/mol. The predicted molar refractivity (Wildman–Crippen MR) is 71.0 cm³/mol. The number of H-pyrrole nitrogens is 1. The van der Waals surface area contributed by atoms with Gasteiger partial charge in [0.15, 0.2) is 0 Å². The van der Waals surface area contributed by atoms with Gasteiger partial charge in [-0.3, -0.25) is 0 Å². The molecule has 2 aromatic rings. The van der Waals surface area contributed by atoms with Crippen LogP contribution in [0.25, 0.3) is 11.3 Å². The van der Waals surface area contributed by atoms with Gasteiger partial charge in [-0.25, -0.2) is 4.98 Å². The zero-order valence-electron chi connectivity index (χ0n) is 10.7. The highest BCUT2D eigenvalue weighted by atomic mass is 14.9. The molecule has 0 saturated heterocycles. The second kappa shape index (κ2) is 4.72. The first-order valence-electron chi connectivity index (χ1n) is 5.95. The first-order chi connectivity index (χ1) is 8.11. The zero-order chi connectivity index (χ0) is 12.4. The molecule has 17 heavy (non-hydrogen) atoms. The van der Waals surface area contributed by atoms with Crippen molar-refractivity contribution in [3.8, 4) is 11.3 Å². The van der Waals surface area contributed by atoms with E-state index in [9.17, 15) is 0 Å². The van der Waals surface area contributed by atoms with Crippen molar-refractivity contribution < 1.29 is 0 Å². The van der Waals surface area contributed by atoms with Crippen LogP contribution in [-0.4, -0.2) is 16.5 Å². The molecule has 0 unspecified atom stereocenters. The van der Waals surface area contributed by atoms with Crippen LogP contribution in [0.2, 0.25) is 0 Å². The van der Waals surface area contributed by atoms with Crippen LogP contribution < -0.4 is 5.73 Å². The van der Waals surface area contributed by atoms with E-state index in [0.717, 1.165) is 23.6 Å². The third kappa shape index (κ3) is 2.39. The molecule has 0 bridgehead atoms. The first kappa shape index (κ1) is 11.9. The van der Waals surface area contributed by atoms with E-state index in [4.69, 9.17) is 5.73 Å². The van der Waals surface area contributed by atoms with Gasteiger partial charge in [-0.05, 0) is 38.9 Å². The topological polar surface area (TPSA) is 54.7 Å². The van der Waals surface area contributed by atoms with E-state index in [1.807, 2.05) is 6.92 Å². The van der Waals surface area contributed by atoms with Crippen molar-refractivity contribution in [1.29, 1.82) is 0 Å². The Morgan fingerprint density at radius 2 is 2.00 bits per heavy atom. The average Bonchev–Trinajstić information content (AvgIpc) is 2.64. The molecular formula is C14H19N3. The van der Waals surface area contributed by atoms with Crippen LogP contribution in [0.4, 0.5) is 0 Å². The van der Waals surface area contributed by atoms with Gasteiger partial charge in [-0.15, -0.1) is 0 Å². The third-order valence-electron chi connectivity index (χ3n) is 2.94. The number of hydrogen-bond donors (Lipinski definition) is 2. The molecule has 0 saturated carbocycles. The third-order valence-corrected chi connectivity index (χ3v) is 2.94. The second-order valence-corrected chi connectivity index (χ2v) is 4.51. The van der Waals surface area contributed by atoms with Crippen molar-refractivity contribution >= 4 is 0 Å². The molecular weight excluding hydrogens is 210 g/mol. The number of hydrogen-bond acceptors (Lipinski definition) is 2. The van der Waals surface area contributed by atoms with Gasteiger partial charge in [0, 0.05) is 17.7 Å². The molecule has 2 rings (SSSR count). The van der Waals surface area contributed by atoms with Crippen molar-refractivity contribution in [3.05, 3.63) is 40.8 Å². The van der Waals surface area contributed by atoms with Crippen LogP contribution in [0, 0.1) is 20.8 Å². The van der Waals surface area contributed by atoms with E-state index < -0.39 is 0 Å². The van der Waals surface area contributed by atoms with Crippen LogP contribution in [0.1, 0.15) is 22.6 Å². The molecule has 0 amide bonds. The molecule has 0 aliphatic carbocycles. The monoisotopic (exact) mass is 229 g/mol. The quantitative estimate of drug-likeness (QED) is 0.849. The Balaban J connectivity index is 2.55. The zero-order valence-corrected chi connectivity index (χ0v) is 10.7. The van der Waals surface area contributed by atoms with Crippen LogP contribution in [-0.2, 0) is 6.42 Å². The highest BCUT2D eigenvalue weighted by Gasteiger charge is 2.12. The molecule has 1 aromatic carbocycles. The molecule has 1 heterocycles. The van der Waals surface area contributed by atoms with Crippen LogP contribution in [0.5, 0.6) is 0 Å². The summed E-state index contributed by atoms with van der Waals surface area (Å²) < 4.78 is 0. The summed E-state index contributed by atoms with van der Waals surface area (Å²) in [4.78, 5) is 7.89. The van der Waals surface area contributed by atoms with E-state index in [0.29, 0.717) is 6.54 Å². The molecule has 0 aliphatic heterocycles. The minimum absolute atomic E-state index is 0.638. The van der Waals surface area contributed by atoms with E-state index in [2.05, 4.69) is 42.0 Å². The van der Waals surface area contributed by atoms with Crippen molar-refractivity contribution in [2.45, 2.75) is 27.2 Å². The van der Waals surface area contributed by atoms with Crippen molar-refractivity contribution in [3.63, 3.8) is 0 Å². The fraction of sp³-hybridized carbons (Fsp3) is 0.357. The number of imidazole rings is 1. The van der Waals surface area contributed by atoms with Gasteiger partial charge < -0.3 is 10.7 Å². The summed E-state index contributed by atoms with van der Waals surface area (Å²) in [6.07, 6.45) is 0.837. The molecule has 1 aromatic heterocycles. The summed E-state index contributed by atoms with van der Waals surface area (Å²) in [6.45, 7) is 6.84. The van der Waals surface area contributed by atoms with Crippen LogP contribution >= 0.6 is 0 Å². The number of aromatic nitrogens is 2. The Hall–Kier alpha value is -1.61. The maximum absolute atomic E-state index is 5.64. The number of benzene rings is 1.